The number of hydrogen-bond donors (Lipinski definition) is 1. The maximum Gasteiger partial charge on any atom is 0.337 e. The van der Waals surface area contributed by atoms with Crippen LogP contribution in [0.5, 0.6) is 0 Å². The van der Waals surface area contributed by atoms with Crippen molar-refractivity contribution in [3.8, 4) is 11.3 Å². The molecule has 1 aliphatic rings. The number of aromatic amines is 1. The number of methoxy groups -OCH3 is 1. The molecule has 0 unspecified atom stereocenters. The van der Waals surface area contributed by atoms with Crippen LogP contribution in [0.2, 0.25) is 0 Å². The summed E-state index contributed by atoms with van der Waals surface area (Å²) in [6, 6.07) is 16.8. The first kappa shape index (κ1) is 18.7. The smallest absolute Gasteiger partial charge is 0.337 e. The first-order valence-electron chi connectivity index (χ1n) is 10.4. The summed E-state index contributed by atoms with van der Waals surface area (Å²) < 4.78 is 4.90. The van der Waals surface area contributed by atoms with Gasteiger partial charge in [0.1, 0.15) is 0 Å². The van der Waals surface area contributed by atoms with Crippen molar-refractivity contribution < 1.29 is 9.53 Å². The van der Waals surface area contributed by atoms with E-state index in [9.17, 15) is 4.79 Å². The minimum atomic E-state index is -0.328. The van der Waals surface area contributed by atoms with Crippen molar-refractivity contribution in [2.45, 2.75) is 32.7 Å². The lowest BCUT2D eigenvalue weighted by atomic mass is 10.0. The number of hydrogen-bond acceptors (Lipinski definition) is 4. The van der Waals surface area contributed by atoms with E-state index in [4.69, 9.17) is 9.72 Å². The Morgan fingerprint density at radius 3 is 2.77 bits per heavy atom. The van der Waals surface area contributed by atoms with Crippen LogP contribution in [0.3, 0.4) is 0 Å². The van der Waals surface area contributed by atoms with Crippen LogP contribution in [0.25, 0.3) is 33.1 Å². The minimum Gasteiger partial charge on any atom is -0.465 e. The Balaban J connectivity index is 1.72. The van der Waals surface area contributed by atoms with Crippen molar-refractivity contribution in [1.82, 2.24) is 9.97 Å². The van der Waals surface area contributed by atoms with E-state index in [1.807, 2.05) is 12.1 Å². The quantitative estimate of drug-likeness (QED) is 0.464. The van der Waals surface area contributed by atoms with E-state index in [2.05, 4.69) is 54.1 Å². The molecule has 2 aromatic heterocycles. The zero-order valence-corrected chi connectivity index (χ0v) is 17.5. The molecule has 5 heteroatoms. The summed E-state index contributed by atoms with van der Waals surface area (Å²) in [6.07, 6.45) is 2.35. The number of aryl methyl sites for hydroxylation is 1. The number of nitrogens with one attached hydrogen (secondary N) is 1. The van der Waals surface area contributed by atoms with E-state index in [0.717, 1.165) is 45.6 Å². The van der Waals surface area contributed by atoms with Gasteiger partial charge in [-0.2, -0.15) is 0 Å². The third kappa shape index (κ3) is 3.11. The molecule has 5 nitrogen and oxygen atoms in total. The average molecular weight is 399 g/mol. The van der Waals surface area contributed by atoms with E-state index in [1.54, 1.807) is 6.07 Å². The lowest BCUT2D eigenvalue weighted by Crippen LogP contribution is -2.27. The summed E-state index contributed by atoms with van der Waals surface area (Å²) in [7, 11) is 1.41. The van der Waals surface area contributed by atoms with Crippen molar-refractivity contribution in [2.24, 2.45) is 0 Å². The highest BCUT2D eigenvalue weighted by molar-refractivity contribution is 5.97. The molecule has 152 valence electrons. The summed E-state index contributed by atoms with van der Waals surface area (Å²) in [5.41, 5.74) is 6.93. The molecule has 1 aliphatic heterocycles. The maximum atomic E-state index is 12.0. The second-order valence-electron chi connectivity index (χ2n) is 8.19. The van der Waals surface area contributed by atoms with Crippen molar-refractivity contribution in [3.63, 3.8) is 0 Å². The minimum absolute atomic E-state index is 0.328. The van der Waals surface area contributed by atoms with Crippen molar-refractivity contribution in [3.05, 3.63) is 59.8 Å². The van der Waals surface area contributed by atoms with E-state index < -0.39 is 0 Å². The molecular formula is C25H25N3O2. The number of esters is 1. The van der Waals surface area contributed by atoms with Crippen LogP contribution in [-0.2, 0) is 4.74 Å². The molecule has 2 aromatic carbocycles. The molecule has 1 atom stereocenters. The molecule has 0 bridgehead atoms. The topological polar surface area (TPSA) is 58.2 Å². The number of carbonyl (C=O) groups is 1. The van der Waals surface area contributed by atoms with Crippen LogP contribution in [0.15, 0.2) is 48.5 Å². The Bertz CT molecular complexity index is 1270. The lowest BCUT2D eigenvalue weighted by molar-refractivity contribution is 0.0601. The van der Waals surface area contributed by atoms with Gasteiger partial charge in [0, 0.05) is 40.1 Å². The Morgan fingerprint density at radius 1 is 1.13 bits per heavy atom. The molecule has 5 rings (SSSR count). The zero-order valence-electron chi connectivity index (χ0n) is 17.5. The fourth-order valence-corrected chi connectivity index (χ4v) is 4.56. The van der Waals surface area contributed by atoms with Gasteiger partial charge >= 0.3 is 5.97 Å². The maximum absolute atomic E-state index is 12.0. The monoisotopic (exact) mass is 399 g/mol. The number of benzene rings is 2. The first-order valence-corrected chi connectivity index (χ1v) is 10.4. The molecule has 0 radical (unpaired) electrons. The standard InChI is InChI=1S/C25H25N3O2/c1-15-11-19-12-17(6-8-21(19)26-15)24-23(28-10-4-5-16(28)2)14-20-13-18(25(29)30-3)7-9-22(20)27-24/h6-9,11-14,16,26H,4-5,10H2,1-3H3/t16-/m0/s1. The van der Waals surface area contributed by atoms with Gasteiger partial charge in [0.2, 0.25) is 0 Å². The molecular weight excluding hydrogens is 374 g/mol. The molecule has 0 aliphatic carbocycles. The van der Waals surface area contributed by atoms with Crippen LogP contribution < -0.4 is 4.90 Å². The average Bonchev–Trinajstić information content (AvgIpc) is 3.35. The molecule has 0 spiro atoms. The fourth-order valence-electron chi connectivity index (χ4n) is 4.56. The number of rotatable bonds is 3. The molecule has 30 heavy (non-hydrogen) atoms. The van der Waals surface area contributed by atoms with Gasteiger partial charge < -0.3 is 14.6 Å². The van der Waals surface area contributed by atoms with Gasteiger partial charge in [-0.1, -0.05) is 6.07 Å². The predicted molar refractivity (Wildman–Crippen MR) is 121 cm³/mol. The molecule has 0 amide bonds. The number of pyridine rings is 1. The van der Waals surface area contributed by atoms with E-state index >= 15 is 0 Å². The summed E-state index contributed by atoms with van der Waals surface area (Å²) >= 11 is 0. The molecule has 1 N–H and O–H groups in total. The van der Waals surface area contributed by atoms with Gasteiger partial charge in [0.15, 0.2) is 0 Å². The zero-order chi connectivity index (χ0) is 20.8. The molecule has 1 fully saturated rings. The fraction of sp³-hybridized carbons (Fsp3) is 0.280. The van der Waals surface area contributed by atoms with Crippen LogP contribution >= 0.6 is 0 Å². The number of fused-ring (bicyclic) bond motifs is 2. The predicted octanol–water partition coefficient (Wildman–Crippen LogP) is 5.47. The largest absolute Gasteiger partial charge is 0.465 e. The van der Waals surface area contributed by atoms with E-state index in [1.165, 1.54) is 25.3 Å². The van der Waals surface area contributed by atoms with Gasteiger partial charge in [0.05, 0.1) is 29.6 Å². The second kappa shape index (κ2) is 7.17. The highest BCUT2D eigenvalue weighted by Gasteiger charge is 2.25. The summed E-state index contributed by atoms with van der Waals surface area (Å²) in [5.74, 6) is -0.328. The van der Waals surface area contributed by atoms with Gasteiger partial charge in [-0.15, -0.1) is 0 Å². The summed E-state index contributed by atoms with van der Waals surface area (Å²) in [6.45, 7) is 5.36. The molecule has 3 heterocycles. The summed E-state index contributed by atoms with van der Waals surface area (Å²) in [5, 5.41) is 2.14. The normalized spacial score (nSPS) is 16.5. The van der Waals surface area contributed by atoms with Gasteiger partial charge in [-0.3, -0.25) is 0 Å². The number of carbonyl (C=O) groups excluding carboxylic acids is 1. The molecule has 1 saturated heterocycles. The Kier molecular flexibility index (Phi) is 4.46. The highest BCUT2D eigenvalue weighted by Crippen LogP contribution is 2.37. The lowest BCUT2D eigenvalue weighted by Gasteiger charge is -2.26. The van der Waals surface area contributed by atoms with Gasteiger partial charge in [-0.05, 0) is 69.2 Å². The number of aromatic nitrogens is 2. The van der Waals surface area contributed by atoms with Gasteiger partial charge in [0.25, 0.3) is 0 Å². The Morgan fingerprint density at radius 2 is 2.00 bits per heavy atom. The number of nitrogens with zero attached hydrogens (tertiary/aromatic N) is 2. The van der Waals surface area contributed by atoms with E-state index in [-0.39, 0.29) is 5.97 Å². The summed E-state index contributed by atoms with van der Waals surface area (Å²) in [4.78, 5) is 22.9. The Hall–Kier alpha value is -3.34. The molecule has 4 aromatic rings. The van der Waals surface area contributed by atoms with Crippen molar-refractivity contribution in [2.75, 3.05) is 18.6 Å². The van der Waals surface area contributed by atoms with Crippen LogP contribution in [-0.4, -0.2) is 35.6 Å². The van der Waals surface area contributed by atoms with E-state index in [0.29, 0.717) is 11.6 Å². The SMILES string of the molecule is COC(=O)c1ccc2nc(-c3ccc4[nH]c(C)cc4c3)c(N3CCC[C@@H]3C)cc2c1. The van der Waals surface area contributed by atoms with Crippen LogP contribution in [0.1, 0.15) is 35.8 Å². The first-order chi connectivity index (χ1) is 14.5. The number of anilines is 1. The Labute approximate surface area is 175 Å². The van der Waals surface area contributed by atoms with Crippen LogP contribution in [0.4, 0.5) is 5.69 Å². The molecule has 0 saturated carbocycles. The number of H-pyrrole nitrogens is 1. The third-order valence-corrected chi connectivity index (χ3v) is 6.11. The van der Waals surface area contributed by atoms with Gasteiger partial charge in [-0.25, -0.2) is 9.78 Å². The highest BCUT2D eigenvalue weighted by atomic mass is 16.5. The second-order valence-corrected chi connectivity index (χ2v) is 8.19. The van der Waals surface area contributed by atoms with Crippen molar-refractivity contribution >= 4 is 33.5 Å². The van der Waals surface area contributed by atoms with Crippen molar-refractivity contribution in [1.29, 1.82) is 0 Å². The third-order valence-electron chi connectivity index (χ3n) is 6.11. The van der Waals surface area contributed by atoms with Crippen LogP contribution in [0, 0.1) is 6.92 Å². The number of ether oxygens (including phenoxy) is 1.